The van der Waals surface area contributed by atoms with Gasteiger partial charge in [-0.05, 0) is 42.5 Å². The van der Waals surface area contributed by atoms with Gasteiger partial charge in [-0.25, -0.2) is 0 Å². The van der Waals surface area contributed by atoms with Crippen LogP contribution in [0.15, 0.2) is 30.5 Å². The van der Waals surface area contributed by atoms with Gasteiger partial charge in [0.2, 0.25) is 0 Å². The molecule has 10 heteroatoms. The minimum Gasteiger partial charge on any atom is -0.396 e. The van der Waals surface area contributed by atoms with E-state index in [0.29, 0.717) is 50.4 Å². The fourth-order valence-corrected chi connectivity index (χ4v) is 4.82. The summed E-state index contributed by atoms with van der Waals surface area (Å²) in [6.45, 7) is 1.88. The van der Waals surface area contributed by atoms with Gasteiger partial charge in [0.25, 0.3) is 5.91 Å². The van der Waals surface area contributed by atoms with E-state index in [0.717, 1.165) is 6.07 Å². The molecule has 2 aromatic rings. The standard InChI is InChI=1S/C21H22F3N5O2/c22-21(23,24)17-9-16(2-1-14(17)10-25)28-7-4-20(5-8-28)13-29(11-15(20)12-30)19(31)18-3-6-26-27-18/h1-3,6,9,15,30H,4-5,7-8,11-13H2,(H,26,27). The molecule has 0 radical (unpaired) electrons. The highest BCUT2D eigenvalue weighted by molar-refractivity contribution is 5.92. The van der Waals surface area contributed by atoms with Crippen molar-refractivity contribution < 1.29 is 23.1 Å². The van der Waals surface area contributed by atoms with Crippen LogP contribution >= 0.6 is 0 Å². The van der Waals surface area contributed by atoms with E-state index < -0.39 is 17.3 Å². The van der Waals surface area contributed by atoms with Gasteiger partial charge in [0.15, 0.2) is 0 Å². The van der Waals surface area contributed by atoms with Gasteiger partial charge < -0.3 is 14.9 Å². The van der Waals surface area contributed by atoms with E-state index in [9.17, 15) is 23.1 Å². The summed E-state index contributed by atoms with van der Waals surface area (Å²) in [6, 6.07) is 6.98. The van der Waals surface area contributed by atoms with Gasteiger partial charge in [-0.2, -0.15) is 23.5 Å². The topological polar surface area (TPSA) is 96.3 Å². The lowest BCUT2D eigenvalue weighted by Crippen LogP contribution is -2.45. The number of hydrogen-bond donors (Lipinski definition) is 2. The van der Waals surface area contributed by atoms with Gasteiger partial charge in [0.05, 0.1) is 17.2 Å². The van der Waals surface area contributed by atoms with E-state index in [-0.39, 0.29) is 23.8 Å². The summed E-state index contributed by atoms with van der Waals surface area (Å²) < 4.78 is 39.9. The number of aliphatic hydroxyl groups is 1. The second kappa shape index (κ2) is 7.89. The molecule has 4 rings (SSSR count). The lowest BCUT2D eigenvalue weighted by molar-refractivity contribution is -0.137. The molecule has 1 unspecified atom stereocenters. The monoisotopic (exact) mass is 433 g/mol. The summed E-state index contributed by atoms with van der Waals surface area (Å²) in [5, 5.41) is 25.4. The Kier molecular flexibility index (Phi) is 5.39. The molecular weight excluding hydrogens is 411 g/mol. The first-order chi connectivity index (χ1) is 14.8. The highest BCUT2D eigenvalue weighted by Gasteiger charge is 2.49. The summed E-state index contributed by atoms with van der Waals surface area (Å²) in [5.41, 5.74) is -0.791. The quantitative estimate of drug-likeness (QED) is 0.776. The van der Waals surface area contributed by atoms with Crippen molar-refractivity contribution in [2.45, 2.75) is 19.0 Å². The molecule has 1 amide bonds. The molecule has 2 aliphatic heterocycles. The highest BCUT2D eigenvalue weighted by Crippen LogP contribution is 2.46. The Balaban J connectivity index is 1.50. The Morgan fingerprint density at radius 3 is 2.65 bits per heavy atom. The number of alkyl halides is 3. The number of likely N-dealkylation sites (tertiary alicyclic amines) is 1. The first-order valence-electron chi connectivity index (χ1n) is 10.0. The van der Waals surface area contributed by atoms with E-state index in [1.165, 1.54) is 18.3 Å². The number of carbonyl (C=O) groups excluding carboxylic acids is 1. The van der Waals surface area contributed by atoms with Crippen LogP contribution in [0.5, 0.6) is 0 Å². The molecule has 1 aromatic heterocycles. The number of carbonyl (C=O) groups is 1. The largest absolute Gasteiger partial charge is 0.417 e. The Morgan fingerprint density at radius 1 is 1.32 bits per heavy atom. The van der Waals surface area contributed by atoms with Crippen molar-refractivity contribution in [3.8, 4) is 6.07 Å². The Labute approximate surface area is 177 Å². The zero-order valence-corrected chi connectivity index (χ0v) is 16.7. The normalized spacial score (nSPS) is 20.8. The molecule has 164 valence electrons. The third-order valence-electron chi connectivity index (χ3n) is 6.60. The Morgan fingerprint density at radius 2 is 2.06 bits per heavy atom. The zero-order chi connectivity index (χ0) is 22.2. The number of nitrogens with one attached hydrogen (secondary N) is 1. The van der Waals surface area contributed by atoms with Crippen molar-refractivity contribution in [3.05, 3.63) is 47.3 Å². The molecule has 31 heavy (non-hydrogen) atoms. The van der Waals surface area contributed by atoms with E-state index in [4.69, 9.17) is 5.26 Å². The molecule has 0 aliphatic carbocycles. The maximum Gasteiger partial charge on any atom is 0.417 e. The molecule has 0 bridgehead atoms. The first kappa shape index (κ1) is 21.2. The number of aromatic nitrogens is 2. The van der Waals surface area contributed by atoms with Crippen molar-refractivity contribution in [1.82, 2.24) is 15.1 Å². The van der Waals surface area contributed by atoms with Crippen LogP contribution in [-0.2, 0) is 6.18 Å². The smallest absolute Gasteiger partial charge is 0.396 e. The average molecular weight is 433 g/mol. The van der Waals surface area contributed by atoms with Crippen molar-refractivity contribution in [3.63, 3.8) is 0 Å². The van der Waals surface area contributed by atoms with Gasteiger partial charge in [0, 0.05) is 50.6 Å². The molecule has 3 heterocycles. The number of H-pyrrole nitrogens is 1. The minimum absolute atomic E-state index is 0.0537. The SMILES string of the molecule is N#Cc1ccc(N2CCC3(CC2)CN(C(=O)c2ccn[nH]2)CC3CO)cc1C(F)(F)F. The number of anilines is 1. The van der Waals surface area contributed by atoms with Crippen LogP contribution in [0, 0.1) is 22.7 Å². The number of amides is 1. The van der Waals surface area contributed by atoms with Crippen LogP contribution in [-0.4, -0.2) is 58.9 Å². The molecule has 1 aromatic carbocycles. The molecule has 1 spiro atoms. The molecule has 0 saturated carbocycles. The molecule has 2 N–H and O–H groups in total. The fourth-order valence-electron chi connectivity index (χ4n) is 4.82. The van der Waals surface area contributed by atoms with E-state index in [2.05, 4.69) is 10.2 Å². The van der Waals surface area contributed by atoms with Crippen LogP contribution in [0.4, 0.5) is 18.9 Å². The third kappa shape index (κ3) is 3.85. The Hall–Kier alpha value is -3.06. The summed E-state index contributed by atoms with van der Waals surface area (Å²) in [7, 11) is 0. The number of rotatable bonds is 3. The molecule has 2 aliphatic rings. The summed E-state index contributed by atoms with van der Waals surface area (Å²) >= 11 is 0. The van der Waals surface area contributed by atoms with Crippen LogP contribution in [0.25, 0.3) is 0 Å². The van der Waals surface area contributed by atoms with Gasteiger partial charge in [0.1, 0.15) is 5.69 Å². The van der Waals surface area contributed by atoms with E-state index >= 15 is 0 Å². The molecule has 2 saturated heterocycles. The number of halogens is 3. The third-order valence-corrected chi connectivity index (χ3v) is 6.60. The second-order valence-electron chi connectivity index (χ2n) is 8.22. The molecule has 1 atom stereocenters. The van der Waals surface area contributed by atoms with Gasteiger partial charge in [-0.15, -0.1) is 0 Å². The number of benzene rings is 1. The van der Waals surface area contributed by atoms with Gasteiger partial charge in [-0.1, -0.05) is 0 Å². The van der Waals surface area contributed by atoms with Crippen LogP contribution in [0.3, 0.4) is 0 Å². The molecule has 2 fully saturated rings. The van der Waals surface area contributed by atoms with Crippen molar-refractivity contribution in [2.24, 2.45) is 11.3 Å². The predicted molar refractivity (Wildman–Crippen MR) is 105 cm³/mol. The number of nitriles is 1. The average Bonchev–Trinajstić information content (AvgIpc) is 3.41. The summed E-state index contributed by atoms with van der Waals surface area (Å²) in [6.07, 6.45) is -1.80. The lowest BCUT2D eigenvalue weighted by Gasteiger charge is -2.43. The van der Waals surface area contributed by atoms with Crippen molar-refractivity contribution >= 4 is 11.6 Å². The Bertz CT molecular complexity index is 991. The first-order valence-corrected chi connectivity index (χ1v) is 10.0. The lowest BCUT2D eigenvalue weighted by atomic mass is 9.71. The number of hydrogen-bond acceptors (Lipinski definition) is 5. The molecular formula is C21H22F3N5O2. The number of aliphatic hydroxyl groups excluding tert-OH is 1. The van der Waals surface area contributed by atoms with Crippen LogP contribution < -0.4 is 4.90 Å². The van der Waals surface area contributed by atoms with E-state index in [1.54, 1.807) is 17.0 Å². The summed E-state index contributed by atoms with van der Waals surface area (Å²) in [4.78, 5) is 16.3. The van der Waals surface area contributed by atoms with Crippen LogP contribution in [0.1, 0.15) is 34.5 Å². The molecule has 7 nitrogen and oxygen atoms in total. The predicted octanol–water partition coefficient (Wildman–Crippen LogP) is 2.65. The van der Waals surface area contributed by atoms with Crippen LogP contribution in [0.2, 0.25) is 0 Å². The fraction of sp³-hybridized carbons (Fsp3) is 0.476. The highest BCUT2D eigenvalue weighted by atomic mass is 19.4. The second-order valence-corrected chi connectivity index (χ2v) is 8.22. The van der Waals surface area contributed by atoms with Gasteiger partial charge >= 0.3 is 6.18 Å². The maximum atomic E-state index is 13.3. The van der Waals surface area contributed by atoms with Crippen molar-refractivity contribution in [2.75, 3.05) is 37.7 Å². The number of aromatic amines is 1. The number of piperidine rings is 1. The zero-order valence-electron chi connectivity index (χ0n) is 16.7. The minimum atomic E-state index is -4.60. The maximum absolute atomic E-state index is 13.3. The van der Waals surface area contributed by atoms with Crippen molar-refractivity contribution in [1.29, 1.82) is 5.26 Å². The summed E-state index contributed by atoms with van der Waals surface area (Å²) in [5.74, 6) is -0.259. The number of nitrogens with zero attached hydrogens (tertiary/aromatic N) is 4. The van der Waals surface area contributed by atoms with Gasteiger partial charge in [-0.3, -0.25) is 9.89 Å². The van der Waals surface area contributed by atoms with E-state index in [1.807, 2.05) is 4.90 Å².